The summed E-state index contributed by atoms with van der Waals surface area (Å²) in [5, 5.41) is 15.2. The minimum absolute atomic E-state index is 0.435. The zero-order chi connectivity index (χ0) is 32.1. The van der Waals surface area contributed by atoms with E-state index in [-0.39, 0.29) is 0 Å². The molecule has 0 aliphatic carbocycles. The fourth-order valence-electron chi connectivity index (χ4n) is 6.19. The fraction of sp³-hybridized carbons (Fsp3) is 0.513. The van der Waals surface area contributed by atoms with Crippen molar-refractivity contribution in [1.29, 1.82) is 0 Å². The van der Waals surface area contributed by atoms with E-state index in [4.69, 9.17) is 14.2 Å². The number of nitrogens with zero attached hydrogens (tertiary/aromatic N) is 1. The Morgan fingerprint density at radius 3 is 1.47 bits per heavy atom. The molecule has 6 nitrogen and oxygen atoms in total. The first-order valence-electron chi connectivity index (χ1n) is 17.1. The molecule has 6 heteroatoms. The number of carbonyl (C=O) groups is 1. The van der Waals surface area contributed by atoms with E-state index in [1.807, 2.05) is 62.4 Å². The number of hydroxylamine groups is 2. The lowest BCUT2D eigenvalue weighted by Crippen LogP contribution is -2.44. The third-order valence-electron chi connectivity index (χ3n) is 9.28. The summed E-state index contributed by atoms with van der Waals surface area (Å²) in [6.45, 7) is 9.84. The molecule has 0 unspecified atom stereocenters. The van der Waals surface area contributed by atoms with Crippen molar-refractivity contribution in [3.63, 3.8) is 0 Å². The van der Waals surface area contributed by atoms with Crippen LogP contribution in [0.25, 0.3) is 0 Å². The Bertz CT molecular complexity index is 1310. The maximum atomic E-state index is 13.9. The molecule has 45 heavy (non-hydrogen) atoms. The first-order valence-corrected chi connectivity index (χ1v) is 17.1. The summed E-state index contributed by atoms with van der Waals surface area (Å²) in [4.78, 5) is 12.9. The van der Waals surface area contributed by atoms with Gasteiger partial charge in [0.25, 0.3) is 0 Å². The van der Waals surface area contributed by atoms with Gasteiger partial charge in [0.05, 0.1) is 29.9 Å². The third kappa shape index (κ3) is 9.11. The Balaban J connectivity index is 1.30. The van der Waals surface area contributed by atoms with Crippen LogP contribution in [0.2, 0.25) is 0 Å². The SMILES string of the molecule is CCCCCCCOc1ccc(OC(=O)c2ccc([C@]3(C)CC[C@@](C)(c4ccc(OCCCCCCC)cc4)N3[O])cc2)cc1. The Kier molecular flexibility index (Phi) is 12.9. The van der Waals surface area contributed by atoms with Gasteiger partial charge in [0.2, 0.25) is 0 Å². The number of rotatable bonds is 18. The quantitative estimate of drug-likeness (QED) is 0.0810. The van der Waals surface area contributed by atoms with Crippen molar-refractivity contribution < 1.29 is 24.2 Å². The molecule has 1 heterocycles. The lowest BCUT2D eigenvalue weighted by atomic mass is 9.89. The van der Waals surface area contributed by atoms with Crippen LogP contribution in [-0.4, -0.2) is 24.2 Å². The van der Waals surface area contributed by atoms with E-state index >= 15 is 0 Å². The highest BCUT2D eigenvalue weighted by Crippen LogP contribution is 2.51. The molecule has 0 saturated carbocycles. The summed E-state index contributed by atoms with van der Waals surface area (Å²) < 4.78 is 17.4. The number of unbranched alkanes of at least 4 members (excludes halogenated alkanes) is 8. The van der Waals surface area contributed by atoms with E-state index in [9.17, 15) is 10.0 Å². The summed E-state index contributed by atoms with van der Waals surface area (Å²) in [5.74, 6) is 1.64. The average molecular weight is 615 g/mol. The largest absolute Gasteiger partial charge is 0.494 e. The minimum Gasteiger partial charge on any atom is -0.494 e. The molecule has 243 valence electrons. The molecule has 3 aromatic rings. The van der Waals surface area contributed by atoms with E-state index in [0.717, 1.165) is 48.5 Å². The highest BCUT2D eigenvalue weighted by molar-refractivity contribution is 5.91. The summed E-state index contributed by atoms with van der Waals surface area (Å²) >= 11 is 0. The van der Waals surface area contributed by atoms with Crippen LogP contribution < -0.4 is 14.2 Å². The van der Waals surface area contributed by atoms with Crippen LogP contribution >= 0.6 is 0 Å². The molecule has 3 aromatic carbocycles. The molecule has 2 atom stereocenters. The second kappa shape index (κ2) is 16.8. The van der Waals surface area contributed by atoms with Gasteiger partial charge in [0.15, 0.2) is 0 Å². The molecule has 1 aliphatic rings. The standard InChI is InChI=1S/C39H52NO5/c1-5-7-9-11-13-29-43-34-21-19-33(20-22-34)39(4)28-27-38(3,40(39)42)32-17-15-31(16-18-32)37(41)45-36-25-23-35(24-26-36)44-30-14-12-10-8-6-2/h15-26H,5-14,27-30H2,1-4H3/t38-,39-/m0/s1. The van der Waals surface area contributed by atoms with E-state index in [1.165, 1.54) is 56.4 Å². The van der Waals surface area contributed by atoms with Gasteiger partial charge in [-0.25, -0.2) is 4.79 Å². The van der Waals surface area contributed by atoms with Gasteiger partial charge in [0.1, 0.15) is 17.2 Å². The van der Waals surface area contributed by atoms with Gasteiger partial charge in [-0.1, -0.05) is 89.5 Å². The van der Waals surface area contributed by atoms with Crippen molar-refractivity contribution in [2.45, 2.75) is 116 Å². The molecule has 1 fully saturated rings. The Morgan fingerprint density at radius 2 is 1.00 bits per heavy atom. The fourth-order valence-corrected chi connectivity index (χ4v) is 6.19. The van der Waals surface area contributed by atoms with Crippen LogP contribution in [0.5, 0.6) is 17.2 Å². The van der Waals surface area contributed by atoms with Crippen molar-refractivity contribution in [2.75, 3.05) is 13.2 Å². The third-order valence-corrected chi connectivity index (χ3v) is 9.28. The van der Waals surface area contributed by atoms with Gasteiger partial charge in [-0.15, -0.1) is 10.3 Å². The molecule has 1 radical (unpaired) electrons. The zero-order valence-corrected chi connectivity index (χ0v) is 27.8. The maximum Gasteiger partial charge on any atom is 0.343 e. The second-order valence-electron chi connectivity index (χ2n) is 12.8. The Labute approximate surface area is 270 Å². The summed E-state index contributed by atoms with van der Waals surface area (Å²) in [7, 11) is 0. The van der Waals surface area contributed by atoms with Crippen LogP contribution in [-0.2, 0) is 16.3 Å². The van der Waals surface area contributed by atoms with Crippen molar-refractivity contribution in [3.8, 4) is 17.2 Å². The van der Waals surface area contributed by atoms with E-state index < -0.39 is 17.0 Å². The topological polar surface area (TPSA) is 67.9 Å². The minimum atomic E-state index is -0.712. The predicted molar refractivity (Wildman–Crippen MR) is 179 cm³/mol. The average Bonchev–Trinajstić information content (AvgIpc) is 3.31. The Morgan fingerprint density at radius 1 is 0.600 bits per heavy atom. The molecule has 0 amide bonds. The number of benzene rings is 3. The van der Waals surface area contributed by atoms with Crippen molar-refractivity contribution in [3.05, 3.63) is 89.5 Å². The van der Waals surface area contributed by atoms with Crippen molar-refractivity contribution in [2.24, 2.45) is 0 Å². The molecule has 0 aromatic heterocycles. The molecule has 0 N–H and O–H groups in total. The van der Waals surface area contributed by atoms with Crippen LogP contribution in [0.3, 0.4) is 0 Å². The second-order valence-corrected chi connectivity index (χ2v) is 12.8. The van der Waals surface area contributed by atoms with Gasteiger partial charge in [-0.2, -0.15) is 0 Å². The van der Waals surface area contributed by atoms with Gasteiger partial charge < -0.3 is 14.2 Å². The van der Waals surface area contributed by atoms with Gasteiger partial charge in [0, 0.05) is 0 Å². The van der Waals surface area contributed by atoms with Crippen LogP contribution in [0.1, 0.15) is 126 Å². The van der Waals surface area contributed by atoms with Gasteiger partial charge in [-0.05, 0) is 99.2 Å². The van der Waals surface area contributed by atoms with Gasteiger partial charge in [-0.3, -0.25) is 0 Å². The lowest BCUT2D eigenvalue weighted by molar-refractivity contribution is -0.260. The maximum absolute atomic E-state index is 13.9. The van der Waals surface area contributed by atoms with Gasteiger partial charge >= 0.3 is 5.97 Å². The predicted octanol–water partition coefficient (Wildman–Crippen LogP) is 10.2. The molecule has 0 bridgehead atoms. The molecule has 0 spiro atoms. The van der Waals surface area contributed by atoms with Crippen LogP contribution in [0, 0.1) is 0 Å². The smallest absolute Gasteiger partial charge is 0.343 e. The Hall–Kier alpha value is -3.35. The molecular formula is C39H52NO5. The molecular weight excluding hydrogens is 562 g/mol. The number of ether oxygens (including phenoxy) is 3. The van der Waals surface area contributed by atoms with E-state index in [0.29, 0.717) is 24.3 Å². The van der Waals surface area contributed by atoms with E-state index in [1.54, 1.807) is 24.3 Å². The molecule has 1 aliphatic heterocycles. The monoisotopic (exact) mass is 614 g/mol. The number of hydrogen-bond donors (Lipinski definition) is 0. The zero-order valence-electron chi connectivity index (χ0n) is 27.8. The highest BCUT2D eigenvalue weighted by atomic mass is 16.5. The molecule has 1 saturated heterocycles. The number of hydrogen-bond acceptors (Lipinski definition) is 5. The normalized spacial score (nSPS) is 19.8. The van der Waals surface area contributed by atoms with Crippen LogP contribution in [0.4, 0.5) is 0 Å². The van der Waals surface area contributed by atoms with E-state index in [2.05, 4.69) is 13.8 Å². The first-order chi connectivity index (χ1) is 21.8. The summed E-state index contributed by atoms with van der Waals surface area (Å²) in [6.07, 6.45) is 13.4. The summed E-state index contributed by atoms with van der Waals surface area (Å²) in [5.41, 5.74) is 0.943. The van der Waals surface area contributed by atoms with Crippen molar-refractivity contribution >= 4 is 5.97 Å². The number of carbonyl (C=O) groups excluding carboxylic acids is 1. The highest BCUT2D eigenvalue weighted by Gasteiger charge is 2.52. The lowest BCUT2D eigenvalue weighted by Gasteiger charge is -2.37. The number of esters is 1. The summed E-state index contributed by atoms with van der Waals surface area (Å²) in [6, 6.07) is 22.4. The molecule has 4 rings (SSSR count). The first kappa shape index (κ1) is 34.5. The van der Waals surface area contributed by atoms with Crippen molar-refractivity contribution in [1.82, 2.24) is 5.06 Å². The van der Waals surface area contributed by atoms with Crippen LogP contribution in [0.15, 0.2) is 72.8 Å².